The summed E-state index contributed by atoms with van der Waals surface area (Å²) >= 11 is 0. The van der Waals surface area contributed by atoms with Gasteiger partial charge in [0.1, 0.15) is 0 Å². The molecular formula is C11H21NO3. The van der Waals surface area contributed by atoms with E-state index >= 15 is 0 Å². The maximum absolute atomic E-state index is 11.6. The van der Waals surface area contributed by atoms with Crippen molar-refractivity contribution in [3.05, 3.63) is 0 Å². The lowest BCUT2D eigenvalue weighted by Crippen LogP contribution is -2.56. The van der Waals surface area contributed by atoms with Crippen molar-refractivity contribution in [1.82, 2.24) is 5.32 Å². The highest BCUT2D eigenvalue weighted by Gasteiger charge is 2.37. The lowest BCUT2D eigenvalue weighted by molar-refractivity contribution is -0.125. The van der Waals surface area contributed by atoms with E-state index in [0.717, 1.165) is 25.7 Å². The molecule has 0 aromatic rings. The Hall–Kier alpha value is -0.610. The van der Waals surface area contributed by atoms with Crippen LogP contribution in [0.25, 0.3) is 0 Å². The molecule has 0 bridgehead atoms. The first kappa shape index (κ1) is 12.5. The first-order valence-electron chi connectivity index (χ1n) is 5.56. The topological polar surface area (TPSA) is 58.6 Å². The van der Waals surface area contributed by atoms with Crippen molar-refractivity contribution >= 4 is 5.91 Å². The molecule has 1 unspecified atom stereocenters. The van der Waals surface area contributed by atoms with E-state index in [9.17, 15) is 4.79 Å². The number of methoxy groups -OCH3 is 1. The summed E-state index contributed by atoms with van der Waals surface area (Å²) in [4.78, 5) is 11.6. The summed E-state index contributed by atoms with van der Waals surface area (Å²) in [5.74, 6) is 0.0210. The van der Waals surface area contributed by atoms with E-state index in [2.05, 4.69) is 5.32 Å². The van der Waals surface area contributed by atoms with Gasteiger partial charge in [0.2, 0.25) is 5.91 Å². The molecule has 15 heavy (non-hydrogen) atoms. The second-order valence-corrected chi connectivity index (χ2v) is 4.43. The molecule has 1 atom stereocenters. The van der Waals surface area contributed by atoms with Crippen molar-refractivity contribution in [2.75, 3.05) is 13.7 Å². The van der Waals surface area contributed by atoms with Gasteiger partial charge in [-0.25, -0.2) is 0 Å². The van der Waals surface area contributed by atoms with Gasteiger partial charge in [0, 0.05) is 13.5 Å². The third kappa shape index (κ3) is 3.47. The number of amides is 1. The molecule has 2 N–H and O–H groups in total. The quantitative estimate of drug-likeness (QED) is 0.690. The van der Waals surface area contributed by atoms with Gasteiger partial charge in [0.25, 0.3) is 0 Å². The number of hydrogen-bond donors (Lipinski definition) is 2. The largest absolute Gasteiger partial charge is 0.394 e. The van der Waals surface area contributed by atoms with Crippen LogP contribution >= 0.6 is 0 Å². The molecule has 1 saturated carbocycles. The predicted molar refractivity (Wildman–Crippen MR) is 57.5 cm³/mol. The van der Waals surface area contributed by atoms with Crippen LogP contribution in [0.3, 0.4) is 0 Å². The summed E-state index contributed by atoms with van der Waals surface area (Å²) in [5, 5.41) is 12.1. The summed E-state index contributed by atoms with van der Waals surface area (Å²) in [6, 6.07) is 0. The molecule has 1 rings (SSSR count). The molecule has 1 amide bonds. The van der Waals surface area contributed by atoms with Crippen LogP contribution < -0.4 is 5.32 Å². The fraction of sp³-hybridized carbons (Fsp3) is 0.909. The van der Waals surface area contributed by atoms with Gasteiger partial charge in [0.15, 0.2) is 0 Å². The molecule has 0 radical (unpaired) electrons. The Kier molecular flexibility index (Phi) is 4.54. The third-order valence-electron chi connectivity index (χ3n) is 3.20. The van der Waals surface area contributed by atoms with Gasteiger partial charge in [-0.05, 0) is 32.6 Å². The first-order valence-corrected chi connectivity index (χ1v) is 5.56. The second-order valence-electron chi connectivity index (χ2n) is 4.43. The molecule has 0 aromatic heterocycles. The maximum atomic E-state index is 11.6. The highest BCUT2D eigenvalue weighted by molar-refractivity contribution is 5.77. The van der Waals surface area contributed by atoms with Gasteiger partial charge in [-0.2, -0.15) is 0 Å². The van der Waals surface area contributed by atoms with Gasteiger partial charge in [-0.3, -0.25) is 4.79 Å². The van der Waals surface area contributed by atoms with E-state index < -0.39 is 0 Å². The minimum atomic E-state index is -0.312. The third-order valence-corrected chi connectivity index (χ3v) is 3.20. The zero-order valence-corrected chi connectivity index (χ0v) is 9.58. The van der Waals surface area contributed by atoms with E-state index in [-0.39, 0.29) is 24.2 Å². The minimum Gasteiger partial charge on any atom is -0.394 e. The maximum Gasteiger partial charge on any atom is 0.220 e. The molecule has 4 nitrogen and oxygen atoms in total. The lowest BCUT2D eigenvalue weighted by atomic mass is 9.77. The van der Waals surface area contributed by atoms with Crippen molar-refractivity contribution in [2.45, 2.75) is 50.7 Å². The van der Waals surface area contributed by atoms with Crippen molar-refractivity contribution in [2.24, 2.45) is 0 Å². The molecule has 0 aromatic carbocycles. The van der Waals surface area contributed by atoms with Crippen molar-refractivity contribution < 1.29 is 14.6 Å². The van der Waals surface area contributed by atoms with Crippen LogP contribution in [0.4, 0.5) is 0 Å². The number of carbonyl (C=O) groups is 1. The zero-order valence-electron chi connectivity index (χ0n) is 9.58. The molecule has 1 fully saturated rings. The van der Waals surface area contributed by atoms with Crippen molar-refractivity contribution in [1.29, 1.82) is 0 Å². The van der Waals surface area contributed by atoms with Gasteiger partial charge in [-0.15, -0.1) is 0 Å². The van der Waals surface area contributed by atoms with E-state index in [1.807, 2.05) is 6.92 Å². The zero-order chi connectivity index (χ0) is 11.3. The summed E-state index contributed by atoms with van der Waals surface area (Å²) in [5.41, 5.74) is -0.312. The predicted octanol–water partition coefficient (Wildman–Crippen LogP) is 0.833. The van der Waals surface area contributed by atoms with Crippen LogP contribution in [0.1, 0.15) is 39.0 Å². The normalized spacial score (nSPS) is 20.5. The molecule has 0 aliphatic heterocycles. The first-order chi connectivity index (χ1) is 7.12. The number of aliphatic hydroxyl groups excluding tert-OH is 1. The monoisotopic (exact) mass is 215 g/mol. The van der Waals surface area contributed by atoms with Crippen molar-refractivity contribution in [3.8, 4) is 0 Å². The van der Waals surface area contributed by atoms with Crippen LogP contribution in [0.15, 0.2) is 0 Å². The van der Waals surface area contributed by atoms with E-state index in [0.29, 0.717) is 6.42 Å². The van der Waals surface area contributed by atoms with Gasteiger partial charge >= 0.3 is 0 Å². The van der Waals surface area contributed by atoms with Gasteiger partial charge < -0.3 is 15.2 Å². The summed E-state index contributed by atoms with van der Waals surface area (Å²) in [6.45, 7) is 2.00. The Bertz CT molecular complexity index is 208. The highest BCUT2D eigenvalue weighted by atomic mass is 16.5. The average molecular weight is 215 g/mol. The molecule has 0 heterocycles. The smallest absolute Gasteiger partial charge is 0.220 e. The lowest BCUT2D eigenvalue weighted by Gasteiger charge is -2.41. The summed E-state index contributed by atoms with van der Waals surface area (Å²) < 4.78 is 5.07. The van der Waals surface area contributed by atoms with E-state index in [1.54, 1.807) is 7.11 Å². The molecule has 0 saturated heterocycles. The van der Waals surface area contributed by atoms with Crippen LogP contribution in [-0.2, 0) is 9.53 Å². The molecule has 1 aliphatic rings. The number of aliphatic hydroxyl groups is 1. The Labute approximate surface area is 91.0 Å². The van der Waals surface area contributed by atoms with Crippen molar-refractivity contribution in [3.63, 3.8) is 0 Å². The molecule has 88 valence electrons. The van der Waals surface area contributed by atoms with E-state index in [1.165, 1.54) is 0 Å². The number of ether oxygens (including phenoxy) is 1. The second kappa shape index (κ2) is 5.47. The van der Waals surface area contributed by atoms with Crippen LogP contribution in [0.5, 0.6) is 0 Å². The molecular weight excluding hydrogens is 194 g/mol. The van der Waals surface area contributed by atoms with Gasteiger partial charge in [-0.1, -0.05) is 0 Å². The number of carbonyl (C=O) groups excluding carboxylic acids is 1. The summed E-state index contributed by atoms with van der Waals surface area (Å²) in [7, 11) is 1.64. The van der Waals surface area contributed by atoms with Crippen LogP contribution in [0, 0.1) is 0 Å². The average Bonchev–Trinajstić information content (AvgIpc) is 2.20. The fourth-order valence-electron chi connectivity index (χ4n) is 1.74. The number of hydrogen-bond acceptors (Lipinski definition) is 3. The Morgan fingerprint density at radius 1 is 1.60 bits per heavy atom. The van der Waals surface area contributed by atoms with Crippen LogP contribution in [0.2, 0.25) is 0 Å². The Balaban J connectivity index is 2.23. The van der Waals surface area contributed by atoms with E-state index in [4.69, 9.17) is 9.84 Å². The highest BCUT2D eigenvalue weighted by Crippen LogP contribution is 2.31. The summed E-state index contributed by atoms with van der Waals surface area (Å²) in [6.07, 6.45) is 4.20. The molecule has 4 heteroatoms. The SMILES string of the molecule is COC(C)CCC(=O)NC1(CO)CCC1. The molecule has 0 spiro atoms. The van der Waals surface area contributed by atoms with Crippen LogP contribution in [-0.4, -0.2) is 36.4 Å². The number of nitrogens with one attached hydrogen (secondary N) is 1. The fourth-order valence-corrected chi connectivity index (χ4v) is 1.74. The Morgan fingerprint density at radius 3 is 2.67 bits per heavy atom. The standard InChI is InChI=1S/C11H21NO3/c1-9(15-2)4-5-10(14)12-11(8-13)6-3-7-11/h9,13H,3-8H2,1-2H3,(H,12,14). The van der Waals surface area contributed by atoms with Gasteiger partial charge in [0.05, 0.1) is 18.2 Å². The molecule has 1 aliphatic carbocycles. The Morgan fingerprint density at radius 2 is 2.27 bits per heavy atom. The number of rotatable bonds is 6. The minimum absolute atomic E-state index is 0.0210.